The second-order valence-electron chi connectivity index (χ2n) is 13.0. The molecule has 4 amide bonds. The highest BCUT2D eigenvalue weighted by molar-refractivity contribution is 5.94. The zero-order valence-corrected chi connectivity index (χ0v) is 28.9. The molecule has 1 rings (SSSR count). The number of ether oxygens (including phenoxy) is 1. The normalized spacial score (nSPS) is 29.5. The molecule has 0 aromatic rings. The Kier molecular flexibility index (Phi) is 18.3. The molecule has 1 saturated heterocycles. The zero-order chi connectivity index (χ0) is 35.1. The molecule has 7 N–H and O–H groups in total. The van der Waals surface area contributed by atoms with Gasteiger partial charge >= 0.3 is 5.97 Å². The lowest BCUT2D eigenvalue weighted by molar-refractivity contribution is -0.157. The summed E-state index contributed by atoms with van der Waals surface area (Å²) in [5.41, 5.74) is 0. The Morgan fingerprint density at radius 2 is 1.59 bits per heavy atom. The molecule has 1 fully saturated rings. The average molecular weight is 658 g/mol. The Labute approximate surface area is 273 Å². The molecule has 0 spiro atoms. The first-order valence-corrected chi connectivity index (χ1v) is 16.7. The minimum absolute atomic E-state index is 0.00304. The van der Waals surface area contributed by atoms with Gasteiger partial charge in [0.25, 0.3) is 0 Å². The quantitative estimate of drug-likeness (QED) is 0.118. The number of hydrogen-bond acceptors (Lipinski definition) is 10. The van der Waals surface area contributed by atoms with Crippen LogP contribution >= 0.6 is 0 Å². The van der Waals surface area contributed by atoms with Gasteiger partial charge in [0.2, 0.25) is 23.6 Å². The van der Waals surface area contributed by atoms with Crippen molar-refractivity contribution in [2.45, 2.75) is 136 Å². The van der Waals surface area contributed by atoms with Gasteiger partial charge in [0.15, 0.2) is 0 Å². The predicted molar refractivity (Wildman–Crippen MR) is 172 cm³/mol. The standard InChI is InChI=1S/C32H59N5O9/c1-9-11-12-13-14-24-20(6)32(45)37(8)23(15-18(3)4)29(42)35-26(19(5)10-2)31(44)34-22(17-38)28(41)36-27(21(7)39)30(43)33-16-25(40)46-24/h18-24,26-27,30,33,38-39,43H,9-17H2,1-8H3,(H,34,44)(H,35,42)(H,36,41)/t19-,20-,21+,22+,23+,24-,26+,27+,30+/m1/s1. The number of rotatable bonds is 11. The van der Waals surface area contributed by atoms with Gasteiger partial charge in [0.05, 0.1) is 31.2 Å². The molecule has 0 aromatic carbocycles. The highest BCUT2D eigenvalue weighted by Crippen LogP contribution is 2.22. The van der Waals surface area contributed by atoms with Crippen LogP contribution in [0.1, 0.15) is 93.4 Å². The molecule has 46 heavy (non-hydrogen) atoms. The highest BCUT2D eigenvalue weighted by atomic mass is 16.5. The van der Waals surface area contributed by atoms with Gasteiger partial charge in [-0.2, -0.15) is 0 Å². The summed E-state index contributed by atoms with van der Waals surface area (Å²) < 4.78 is 5.75. The smallest absolute Gasteiger partial charge is 0.320 e. The summed E-state index contributed by atoms with van der Waals surface area (Å²) in [4.78, 5) is 68.5. The van der Waals surface area contributed by atoms with Gasteiger partial charge in [0, 0.05) is 7.05 Å². The molecule has 266 valence electrons. The molecule has 9 atom stereocenters. The van der Waals surface area contributed by atoms with Crippen molar-refractivity contribution in [2.75, 3.05) is 20.2 Å². The van der Waals surface area contributed by atoms with Crippen LogP contribution in [0.2, 0.25) is 0 Å². The average Bonchev–Trinajstić information content (AvgIpc) is 3.01. The van der Waals surface area contributed by atoms with Crippen LogP contribution in [0.4, 0.5) is 0 Å². The third-order valence-corrected chi connectivity index (χ3v) is 8.62. The second kappa shape index (κ2) is 20.4. The number of likely N-dealkylation sites (N-methyl/N-ethyl adjacent to an activating group) is 1. The Hall–Kier alpha value is -2.81. The van der Waals surface area contributed by atoms with E-state index in [4.69, 9.17) is 4.74 Å². The van der Waals surface area contributed by atoms with Crippen LogP contribution in [0.25, 0.3) is 0 Å². The summed E-state index contributed by atoms with van der Waals surface area (Å²) in [6, 6.07) is -4.88. The Bertz CT molecular complexity index is 995. The summed E-state index contributed by atoms with van der Waals surface area (Å²) in [6.07, 6.45) is 0.978. The van der Waals surface area contributed by atoms with E-state index >= 15 is 0 Å². The molecule has 14 heteroatoms. The molecule has 1 heterocycles. The number of amides is 4. The number of nitrogens with one attached hydrogen (secondary N) is 4. The molecule has 0 unspecified atom stereocenters. The van der Waals surface area contributed by atoms with Gasteiger partial charge in [0.1, 0.15) is 30.5 Å². The molecule has 0 aromatic heterocycles. The fourth-order valence-electron chi connectivity index (χ4n) is 5.37. The summed E-state index contributed by atoms with van der Waals surface area (Å²) in [5, 5.41) is 41.2. The molecule has 0 radical (unpaired) electrons. The van der Waals surface area contributed by atoms with Crippen molar-refractivity contribution < 1.29 is 44.0 Å². The van der Waals surface area contributed by atoms with Gasteiger partial charge in [-0.15, -0.1) is 0 Å². The molecule has 1 aliphatic rings. The molecular formula is C32H59N5O9. The topological polar surface area (TPSA) is 207 Å². The van der Waals surface area contributed by atoms with Crippen LogP contribution in [-0.2, 0) is 28.7 Å². The maximum atomic E-state index is 13.9. The number of nitrogens with zero attached hydrogens (tertiary/aromatic N) is 1. The van der Waals surface area contributed by atoms with Crippen molar-refractivity contribution >= 4 is 29.6 Å². The van der Waals surface area contributed by atoms with E-state index in [0.717, 1.165) is 19.3 Å². The van der Waals surface area contributed by atoms with Crippen molar-refractivity contribution in [1.82, 2.24) is 26.2 Å². The lowest BCUT2D eigenvalue weighted by Crippen LogP contribution is -2.62. The van der Waals surface area contributed by atoms with E-state index in [1.807, 2.05) is 20.8 Å². The fraction of sp³-hybridized carbons (Fsp3) is 0.844. The molecule has 14 nitrogen and oxygen atoms in total. The number of aliphatic hydroxyl groups is 3. The molecule has 0 saturated carbocycles. The predicted octanol–water partition coefficient (Wildman–Crippen LogP) is 0.173. The van der Waals surface area contributed by atoms with Gasteiger partial charge in [-0.25, -0.2) is 0 Å². The third kappa shape index (κ3) is 12.8. The minimum atomic E-state index is -1.62. The maximum absolute atomic E-state index is 13.9. The number of esters is 1. The summed E-state index contributed by atoms with van der Waals surface area (Å²) in [6.45, 7) is 11.1. The van der Waals surface area contributed by atoms with Crippen LogP contribution in [0.15, 0.2) is 0 Å². The first-order valence-electron chi connectivity index (χ1n) is 16.7. The van der Waals surface area contributed by atoms with Crippen LogP contribution < -0.4 is 21.3 Å². The third-order valence-electron chi connectivity index (χ3n) is 8.62. The lowest BCUT2D eigenvalue weighted by atomic mass is 9.94. The van der Waals surface area contributed by atoms with Crippen LogP contribution in [0, 0.1) is 17.8 Å². The lowest BCUT2D eigenvalue weighted by Gasteiger charge is -2.34. The first-order chi connectivity index (χ1) is 21.6. The zero-order valence-electron chi connectivity index (χ0n) is 28.9. The molecular weight excluding hydrogens is 598 g/mol. The van der Waals surface area contributed by atoms with Gasteiger partial charge in [-0.1, -0.05) is 67.2 Å². The van der Waals surface area contributed by atoms with E-state index in [9.17, 15) is 39.3 Å². The molecule has 0 aliphatic carbocycles. The fourth-order valence-corrected chi connectivity index (χ4v) is 5.37. The van der Waals surface area contributed by atoms with Crippen molar-refractivity contribution in [3.05, 3.63) is 0 Å². The number of aliphatic hydroxyl groups excluding tert-OH is 3. The minimum Gasteiger partial charge on any atom is -0.461 e. The van der Waals surface area contributed by atoms with E-state index in [-0.39, 0.29) is 11.8 Å². The van der Waals surface area contributed by atoms with E-state index in [1.165, 1.54) is 18.9 Å². The number of cyclic esters (lactones) is 1. The Balaban J connectivity index is 3.61. The van der Waals surface area contributed by atoms with E-state index in [0.29, 0.717) is 25.7 Å². The molecule has 1 aliphatic heterocycles. The number of carbonyl (C=O) groups is 5. The first kappa shape index (κ1) is 41.2. The van der Waals surface area contributed by atoms with Crippen LogP contribution in [0.3, 0.4) is 0 Å². The maximum Gasteiger partial charge on any atom is 0.320 e. The SMILES string of the molecule is CCCCCC[C@H]1OC(=O)CN[C@@H](O)[C@H]([C@H](C)O)NC(=O)[C@H](CO)NC(=O)[C@H]([C@H](C)CC)NC(=O)[C@H](CC(C)C)N(C)C(=O)[C@@H]1C. The highest BCUT2D eigenvalue weighted by Gasteiger charge is 2.38. The van der Waals surface area contributed by atoms with Gasteiger partial charge < -0.3 is 40.9 Å². The van der Waals surface area contributed by atoms with Gasteiger partial charge in [-0.3, -0.25) is 29.3 Å². The van der Waals surface area contributed by atoms with Crippen molar-refractivity contribution in [1.29, 1.82) is 0 Å². The second-order valence-corrected chi connectivity index (χ2v) is 13.0. The Morgan fingerprint density at radius 3 is 2.13 bits per heavy atom. The van der Waals surface area contributed by atoms with Crippen LogP contribution in [0.5, 0.6) is 0 Å². The van der Waals surface area contributed by atoms with E-state index in [1.54, 1.807) is 13.8 Å². The Morgan fingerprint density at radius 1 is 0.935 bits per heavy atom. The van der Waals surface area contributed by atoms with Crippen molar-refractivity contribution in [2.24, 2.45) is 17.8 Å². The summed E-state index contributed by atoms with van der Waals surface area (Å²) in [7, 11) is 1.52. The van der Waals surface area contributed by atoms with Crippen molar-refractivity contribution in [3.8, 4) is 0 Å². The van der Waals surface area contributed by atoms with E-state index in [2.05, 4.69) is 28.2 Å². The van der Waals surface area contributed by atoms with Crippen LogP contribution in [-0.4, -0.2) is 113 Å². The number of carbonyl (C=O) groups excluding carboxylic acids is 5. The number of hydrogen-bond donors (Lipinski definition) is 7. The van der Waals surface area contributed by atoms with E-state index < -0.39 is 91.3 Å². The van der Waals surface area contributed by atoms with Gasteiger partial charge in [-0.05, 0) is 38.0 Å². The number of unbranched alkanes of at least 4 members (excludes halogenated alkanes) is 3. The monoisotopic (exact) mass is 657 g/mol. The van der Waals surface area contributed by atoms with Crippen molar-refractivity contribution in [3.63, 3.8) is 0 Å². The summed E-state index contributed by atoms with van der Waals surface area (Å²) >= 11 is 0. The molecule has 0 bridgehead atoms. The largest absolute Gasteiger partial charge is 0.461 e. The summed E-state index contributed by atoms with van der Waals surface area (Å²) in [5.74, 6) is -4.55.